The predicted molar refractivity (Wildman–Crippen MR) is 150 cm³/mol. The van der Waals surface area contributed by atoms with Gasteiger partial charge in [0.15, 0.2) is 0 Å². The van der Waals surface area contributed by atoms with Crippen LogP contribution in [0.3, 0.4) is 0 Å². The molecule has 6 nitrogen and oxygen atoms in total. The molecule has 0 bridgehead atoms. The Morgan fingerprint density at radius 2 is 1.86 bits per heavy atom. The summed E-state index contributed by atoms with van der Waals surface area (Å²) < 4.78 is 2.17. The van der Waals surface area contributed by atoms with E-state index in [2.05, 4.69) is 25.7 Å². The average Bonchev–Trinajstić information content (AvgIpc) is 3.07. The van der Waals surface area contributed by atoms with Crippen molar-refractivity contribution in [3.05, 3.63) is 44.7 Å². The van der Waals surface area contributed by atoms with E-state index in [0.717, 1.165) is 37.9 Å². The van der Waals surface area contributed by atoms with Gasteiger partial charge < -0.3 is 4.90 Å². The number of thioether (sulfide) groups is 1. The lowest BCUT2D eigenvalue weighted by atomic mass is 9.91. The van der Waals surface area contributed by atoms with Crippen molar-refractivity contribution in [3.63, 3.8) is 0 Å². The fourth-order valence-electron chi connectivity index (χ4n) is 5.20. The van der Waals surface area contributed by atoms with Crippen LogP contribution in [0.25, 0.3) is 11.7 Å². The zero-order valence-corrected chi connectivity index (χ0v) is 22.9. The molecule has 0 aromatic carbocycles. The third-order valence-corrected chi connectivity index (χ3v) is 8.24. The maximum atomic E-state index is 13.7. The van der Waals surface area contributed by atoms with Crippen LogP contribution in [0.4, 0.5) is 5.82 Å². The Morgan fingerprint density at radius 3 is 2.57 bits per heavy atom. The standard InChI is InChI=1S/C27H36N4O2S2/c1-5-6-7-8-9-12-31-26(33)22(35-27(31)34)15-21-24(29-16-18(2)14-19(3)17-29)28-23-20(4)11-10-13-30(23)25(21)32/h10-11,13,15,18-19H,5-9,12,14,16-17H2,1-4H3/b22-15-. The molecular weight excluding hydrogens is 476 g/mol. The monoisotopic (exact) mass is 512 g/mol. The first-order valence-corrected chi connectivity index (χ1v) is 14.0. The topological polar surface area (TPSA) is 57.9 Å². The third kappa shape index (κ3) is 5.64. The molecule has 2 aliphatic rings. The number of anilines is 1. The van der Waals surface area contributed by atoms with E-state index in [1.54, 1.807) is 21.6 Å². The maximum absolute atomic E-state index is 13.7. The largest absolute Gasteiger partial charge is 0.355 e. The molecule has 0 aliphatic carbocycles. The fraction of sp³-hybridized carbons (Fsp3) is 0.556. The number of thiocarbonyl (C=S) groups is 1. The van der Waals surface area contributed by atoms with Gasteiger partial charge in [-0.05, 0) is 49.3 Å². The Hall–Kier alpha value is -2.19. The molecule has 0 radical (unpaired) electrons. The van der Waals surface area contributed by atoms with E-state index in [1.807, 2.05) is 19.1 Å². The number of amides is 1. The number of unbranched alkanes of at least 4 members (excludes halogenated alkanes) is 4. The second-order valence-corrected chi connectivity index (χ2v) is 11.8. The molecule has 4 rings (SSSR count). The molecular formula is C27H36N4O2S2. The summed E-state index contributed by atoms with van der Waals surface area (Å²) in [7, 11) is 0. The number of aryl methyl sites for hydroxylation is 1. The number of carbonyl (C=O) groups excluding carboxylic acids is 1. The van der Waals surface area contributed by atoms with E-state index in [0.29, 0.717) is 44.6 Å². The molecule has 188 valence electrons. The summed E-state index contributed by atoms with van der Waals surface area (Å²) in [5.41, 5.74) is 1.93. The number of piperidine rings is 1. The van der Waals surface area contributed by atoms with E-state index >= 15 is 0 Å². The first kappa shape index (κ1) is 25.9. The second kappa shape index (κ2) is 11.2. The number of aromatic nitrogens is 2. The summed E-state index contributed by atoms with van der Waals surface area (Å²) in [5.74, 6) is 1.59. The van der Waals surface area contributed by atoms with Gasteiger partial charge in [0.25, 0.3) is 11.5 Å². The van der Waals surface area contributed by atoms with E-state index in [4.69, 9.17) is 17.2 Å². The normalized spacial score (nSPS) is 22.1. The van der Waals surface area contributed by atoms with Crippen LogP contribution in [-0.4, -0.2) is 44.1 Å². The van der Waals surface area contributed by atoms with Crippen LogP contribution in [0.5, 0.6) is 0 Å². The highest BCUT2D eigenvalue weighted by Gasteiger charge is 2.33. The molecule has 0 spiro atoms. The highest BCUT2D eigenvalue weighted by atomic mass is 32.2. The van der Waals surface area contributed by atoms with Crippen molar-refractivity contribution >= 4 is 51.7 Å². The Balaban J connectivity index is 1.71. The summed E-state index contributed by atoms with van der Waals surface area (Å²) in [6, 6.07) is 3.83. The summed E-state index contributed by atoms with van der Waals surface area (Å²) in [4.78, 5) is 36.4. The molecule has 2 aromatic heterocycles. The summed E-state index contributed by atoms with van der Waals surface area (Å²) >= 11 is 6.84. The lowest BCUT2D eigenvalue weighted by Gasteiger charge is -2.36. The van der Waals surface area contributed by atoms with Crippen LogP contribution in [0.2, 0.25) is 0 Å². The zero-order valence-electron chi connectivity index (χ0n) is 21.2. The molecule has 35 heavy (non-hydrogen) atoms. The molecule has 0 saturated carbocycles. The quantitative estimate of drug-likeness (QED) is 0.259. The van der Waals surface area contributed by atoms with Crippen LogP contribution < -0.4 is 10.5 Å². The predicted octanol–water partition coefficient (Wildman–Crippen LogP) is 5.66. The van der Waals surface area contributed by atoms with Gasteiger partial charge in [-0.2, -0.15) is 0 Å². The number of nitrogens with zero attached hydrogens (tertiary/aromatic N) is 4. The van der Waals surface area contributed by atoms with E-state index in [1.165, 1.54) is 31.0 Å². The van der Waals surface area contributed by atoms with Crippen molar-refractivity contribution in [2.24, 2.45) is 11.8 Å². The van der Waals surface area contributed by atoms with Crippen molar-refractivity contribution in [3.8, 4) is 0 Å². The molecule has 2 saturated heterocycles. The SMILES string of the molecule is CCCCCCCN1C(=O)/C(=C/c2c(N3CC(C)CC(C)C3)nc3c(C)cccn3c2=O)SC1=S. The van der Waals surface area contributed by atoms with Gasteiger partial charge in [-0.25, -0.2) is 4.98 Å². The molecule has 2 fully saturated rings. The van der Waals surface area contributed by atoms with Crippen molar-refractivity contribution in [1.82, 2.24) is 14.3 Å². The number of carbonyl (C=O) groups is 1. The summed E-state index contributed by atoms with van der Waals surface area (Å²) in [6.45, 7) is 11.0. The van der Waals surface area contributed by atoms with Gasteiger partial charge in [-0.15, -0.1) is 0 Å². The Bertz CT molecular complexity index is 1200. The molecule has 4 heterocycles. The molecule has 8 heteroatoms. The van der Waals surface area contributed by atoms with Gasteiger partial charge in [0, 0.05) is 25.8 Å². The lowest BCUT2D eigenvalue weighted by molar-refractivity contribution is -0.122. The second-order valence-electron chi connectivity index (χ2n) is 10.1. The smallest absolute Gasteiger partial charge is 0.267 e. The Kier molecular flexibility index (Phi) is 8.32. The van der Waals surface area contributed by atoms with Crippen LogP contribution in [0, 0.1) is 18.8 Å². The molecule has 2 atom stereocenters. The Labute approximate surface area is 217 Å². The van der Waals surface area contributed by atoms with Gasteiger partial charge in [0.1, 0.15) is 15.8 Å². The lowest BCUT2D eigenvalue weighted by Crippen LogP contribution is -2.40. The van der Waals surface area contributed by atoms with Crippen molar-refractivity contribution in [2.45, 2.75) is 66.2 Å². The minimum Gasteiger partial charge on any atom is -0.355 e. The van der Waals surface area contributed by atoms with Crippen LogP contribution in [0.15, 0.2) is 28.0 Å². The van der Waals surface area contributed by atoms with Crippen molar-refractivity contribution in [1.29, 1.82) is 0 Å². The first-order chi connectivity index (χ1) is 16.8. The average molecular weight is 513 g/mol. The van der Waals surface area contributed by atoms with E-state index < -0.39 is 0 Å². The minimum atomic E-state index is -0.149. The minimum absolute atomic E-state index is 0.101. The number of rotatable bonds is 8. The maximum Gasteiger partial charge on any atom is 0.267 e. The van der Waals surface area contributed by atoms with Crippen LogP contribution >= 0.6 is 24.0 Å². The van der Waals surface area contributed by atoms with E-state index in [-0.39, 0.29) is 11.5 Å². The highest BCUT2D eigenvalue weighted by molar-refractivity contribution is 8.26. The molecule has 2 unspecified atom stereocenters. The number of fused-ring (bicyclic) bond motifs is 1. The Morgan fingerprint density at radius 1 is 1.14 bits per heavy atom. The fourth-order valence-corrected chi connectivity index (χ4v) is 6.49. The van der Waals surface area contributed by atoms with Gasteiger partial charge in [0.2, 0.25) is 0 Å². The molecule has 2 aromatic rings. The molecule has 1 amide bonds. The number of pyridine rings is 1. The highest BCUT2D eigenvalue weighted by Crippen LogP contribution is 2.35. The van der Waals surface area contributed by atoms with Crippen molar-refractivity contribution in [2.75, 3.05) is 24.5 Å². The molecule has 2 aliphatic heterocycles. The van der Waals surface area contributed by atoms with Gasteiger partial charge >= 0.3 is 0 Å². The molecule has 0 N–H and O–H groups in total. The van der Waals surface area contributed by atoms with Crippen molar-refractivity contribution < 1.29 is 4.79 Å². The van der Waals surface area contributed by atoms with Gasteiger partial charge in [-0.1, -0.05) is 76.5 Å². The first-order valence-electron chi connectivity index (χ1n) is 12.8. The third-order valence-electron chi connectivity index (χ3n) is 6.87. The van der Waals surface area contributed by atoms with Crippen LogP contribution in [0.1, 0.15) is 70.4 Å². The zero-order chi connectivity index (χ0) is 25.1. The van der Waals surface area contributed by atoms with Gasteiger partial charge in [0.05, 0.1) is 10.5 Å². The number of hydrogen-bond acceptors (Lipinski definition) is 6. The van der Waals surface area contributed by atoms with Gasteiger partial charge in [-0.3, -0.25) is 18.9 Å². The van der Waals surface area contributed by atoms with E-state index in [9.17, 15) is 9.59 Å². The van der Waals surface area contributed by atoms with Crippen LogP contribution in [-0.2, 0) is 4.79 Å². The summed E-state index contributed by atoms with van der Waals surface area (Å²) in [5, 5.41) is 0. The summed E-state index contributed by atoms with van der Waals surface area (Å²) in [6.07, 6.45) is 10.3. The number of hydrogen-bond donors (Lipinski definition) is 0.